The summed E-state index contributed by atoms with van der Waals surface area (Å²) in [7, 11) is 0. The molecular formula is C10H14ClN5. The van der Waals surface area contributed by atoms with Crippen LogP contribution in [0.4, 0.5) is 5.69 Å². The maximum Gasteiger partial charge on any atom is 0.159 e. The second-order valence-corrected chi connectivity index (χ2v) is 3.70. The molecule has 1 aromatic carbocycles. The number of nitrogens with zero attached hydrogens (tertiary/aromatic N) is 4. The third-order valence-corrected chi connectivity index (χ3v) is 2.12. The van der Waals surface area contributed by atoms with Crippen molar-refractivity contribution in [3.8, 4) is 5.69 Å². The van der Waals surface area contributed by atoms with Gasteiger partial charge >= 0.3 is 0 Å². The number of rotatable bonds is 2. The Morgan fingerprint density at radius 3 is 2.69 bits per heavy atom. The monoisotopic (exact) mass is 239 g/mol. The molecule has 1 heterocycles. The maximum absolute atomic E-state index is 5.71. The quantitative estimate of drug-likeness (QED) is 0.812. The number of nitrogens with two attached hydrogens (primary N) is 1. The Bertz CT molecular complexity index is 466. The summed E-state index contributed by atoms with van der Waals surface area (Å²) in [6, 6.07) is 7.50. The highest BCUT2D eigenvalue weighted by atomic mass is 35.5. The zero-order chi connectivity index (χ0) is 10.8. The fraction of sp³-hybridized carbons (Fsp3) is 0.300. The number of hydrogen-bond donors (Lipinski definition) is 1. The Kier molecular flexibility index (Phi) is 3.84. The van der Waals surface area contributed by atoms with Gasteiger partial charge in [0.15, 0.2) is 5.82 Å². The molecular weight excluding hydrogens is 226 g/mol. The Hall–Kier alpha value is -1.62. The van der Waals surface area contributed by atoms with Crippen molar-refractivity contribution in [1.29, 1.82) is 0 Å². The van der Waals surface area contributed by atoms with Gasteiger partial charge in [0.1, 0.15) is 0 Å². The van der Waals surface area contributed by atoms with Crippen LogP contribution in [0.5, 0.6) is 0 Å². The van der Waals surface area contributed by atoms with E-state index in [9.17, 15) is 0 Å². The van der Waals surface area contributed by atoms with E-state index < -0.39 is 0 Å². The molecule has 2 N–H and O–H groups in total. The van der Waals surface area contributed by atoms with Gasteiger partial charge in [-0.2, -0.15) is 4.68 Å². The number of nitrogen functional groups attached to an aromatic ring is 1. The van der Waals surface area contributed by atoms with Gasteiger partial charge in [0.2, 0.25) is 0 Å². The molecule has 0 fully saturated rings. The Morgan fingerprint density at radius 1 is 1.31 bits per heavy atom. The Labute approximate surface area is 100 Å². The van der Waals surface area contributed by atoms with Gasteiger partial charge in [-0.3, -0.25) is 0 Å². The van der Waals surface area contributed by atoms with E-state index in [1.807, 2.05) is 24.3 Å². The van der Waals surface area contributed by atoms with E-state index in [4.69, 9.17) is 5.73 Å². The summed E-state index contributed by atoms with van der Waals surface area (Å²) in [5, 5.41) is 11.6. The van der Waals surface area contributed by atoms with Gasteiger partial charge < -0.3 is 5.73 Å². The molecule has 0 saturated carbocycles. The summed E-state index contributed by atoms with van der Waals surface area (Å²) in [6.45, 7) is 4.10. The molecule has 0 radical (unpaired) electrons. The van der Waals surface area contributed by atoms with Crippen molar-refractivity contribution >= 4 is 18.1 Å². The normalized spacial score (nSPS) is 10.2. The van der Waals surface area contributed by atoms with Crippen LogP contribution in [0.2, 0.25) is 0 Å². The van der Waals surface area contributed by atoms with Crippen LogP contribution in [-0.2, 0) is 0 Å². The highest BCUT2D eigenvalue weighted by Gasteiger charge is 2.11. The summed E-state index contributed by atoms with van der Waals surface area (Å²) in [6.07, 6.45) is 0. The molecule has 1 aromatic heterocycles. The molecule has 0 unspecified atom stereocenters. The highest BCUT2D eigenvalue weighted by Crippen LogP contribution is 2.16. The van der Waals surface area contributed by atoms with Crippen LogP contribution < -0.4 is 5.73 Å². The second kappa shape index (κ2) is 4.94. The highest BCUT2D eigenvalue weighted by molar-refractivity contribution is 5.85. The molecule has 16 heavy (non-hydrogen) atoms. The van der Waals surface area contributed by atoms with Crippen molar-refractivity contribution < 1.29 is 0 Å². The minimum Gasteiger partial charge on any atom is -0.399 e. The first kappa shape index (κ1) is 12.4. The van der Waals surface area contributed by atoms with Crippen molar-refractivity contribution in [2.75, 3.05) is 5.73 Å². The van der Waals surface area contributed by atoms with Crippen molar-refractivity contribution in [2.45, 2.75) is 19.8 Å². The maximum atomic E-state index is 5.71. The predicted molar refractivity (Wildman–Crippen MR) is 64.9 cm³/mol. The number of hydrogen-bond acceptors (Lipinski definition) is 4. The third-order valence-electron chi connectivity index (χ3n) is 2.12. The van der Waals surface area contributed by atoms with Crippen LogP contribution >= 0.6 is 12.4 Å². The lowest BCUT2D eigenvalue weighted by Gasteiger charge is -2.06. The van der Waals surface area contributed by atoms with Gasteiger partial charge in [0.25, 0.3) is 0 Å². The largest absolute Gasteiger partial charge is 0.399 e. The Balaban J connectivity index is 0.00000128. The van der Waals surface area contributed by atoms with Crippen molar-refractivity contribution in [3.05, 3.63) is 30.1 Å². The molecule has 0 saturated heterocycles. The van der Waals surface area contributed by atoms with Gasteiger partial charge in [-0.05, 0) is 28.6 Å². The summed E-state index contributed by atoms with van der Waals surface area (Å²) in [5.41, 5.74) is 7.31. The van der Waals surface area contributed by atoms with Gasteiger partial charge in [-0.15, -0.1) is 17.5 Å². The molecule has 0 aliphatic rings. The zero-order valence-electron chi connectivity index (χ0n) is 9.16. The lowest BCUT2D eigenvalue weighted by atomic mass is 10.2. The standard InChI is InChI=1S/C10H13N5.ClH/c1-7(2)10-12-13-14-15(10)9-5-3-4-8(11)6-9;/h3-7H,11H2,1-2H3;1H. The summed E-state index contributed by atoms with van der Waals surface area (Å²) in [4.78, 5) is 0. The van der Waals surface area contributed by atoms with E-state index in [1.54, 1.807) is 4.68 Å². The summed E-state index contributed by atoms with van der Waals surface area (Å²) in [5.74, 6) is 1.11. The van der Waals surface area contributed by atoms with Crippen LogP contribution in [0.25, 0.3) is 5.69 Å². The average molecular weight is 240 g/mol. The molecule has 6 heteroatoms. The summed E-state index contributed by atoms with van der Waals surface area (Å²) < 4.78 is 1.71. The molecule has 0 aliphatic carbocycles. The van der Waals surface area contributed by atoms with E-state index in [0.29, 0.717) is 5.69 Å². The molecule has 0 spiro atoms. The lowest BCUT2D eigenvalue weighted by molar-refractivity contribution is 0.710. The summed E-state index contributed by atoms with van der Waals surface area (Å²) >= 11 is 0. The molecule has 86 valence electrons. The average Bonchev–Trinajstić information content (AvgIpc) is 2.65. The first-order chi connectivity index (χ1) is 7.18. The molecule has 0 atom stereocenters. The van der Waals surface area contributed by atoms with Crippen LogP contribution in [0.1, 0.15) is 25.6 Å². The number of benzene rings is 1. The lowest BCUT2D eigenvalue weighted by Crippen LogP contribution is -2.05. The fourth-order valence-electron chi connectivity index (χ4n) is 1.39. The van der Waals surface area contributed by atoms with E-state index >= 15 is 0 Å². The van der Waals surface area contributed by atoms with Gasteiger partial charge in [-0.25, -0.2) is 0 Å². The van der Waals surface area contributed by atoms with Crippen LogP contribution in [0.15, 0.2) is 24.3 Å². The van der Waals surface area contributed by atoms with E-state index in [2.05, 4.69) is 29.4 Å². The topological polar surface area (TPSA) is 69.6 Å². The zero-order valence-corrected chi connectivity index (χ0v) is 9.98. The molecule has 2 rings (SSSR count). The minimum absolute atomic E-state index is 0. The predicted octanol–water partition coefficient (Wildman–Crippen LogP) is 1.79. The van der Waals surface area contributed by atoms with E-state index in [0.717, 1.165) is 11.5 Å². The van der Waals surface area contributed by atoms with Crippen molar-refractivity contribution in [1.82, 2.24) is 20.2 Å². The molecule has 0 aliphatic heterocycles. The smallest absolute Gasteiger partial charge is 0.159 e. The third kappa shape index (κ3) is 2.30. The molecule has 0 amide bonds. The number of aromatic nitrogens is 4. The SMILES string of the molecule is CC(C)c1nnnn1-c1cccc(N)c1.Cl. The van der Waals surface area contributed by atoms with Crippen LogP contribution in [-0.4, -0.2) is 20.2 Å². The van der Waals surface area contributed by atoms with Gasteiger partial charge in [0.05, 0.1) is 5.69 Å². The fourth-order valence-corrected chi connectivity index (χ4v) is 1.39. The Morgan fingerprint density at radius 2 is 2.06 bits per heavy atom. The van der Waals surface area contributed by atoms with Gasteiger partial charge in [-0.1, -0.05) is 19.9 Å². The number of anilines is 1. The minimum atomic E-state index is 0. The van der Waals surface area contributed by atoms with Crippen LogP contribution in [0.3, 0.4) is 0 Å². The number of tetrazole rings is 1. The first-order valence-electron chi connectivity index (χ1n) is 4.82. The first-order valence-corrected chi connectivity index (χ1v) is 4.82. The molecule has 5 nitrogen and oxygen atoms in total. The molecule has 0 bridgehead atoms. The van der Waals surface area contributed by atoms with Crippen LogP contribution in [0, 0.1) is 0 Å². The van der Waals surface area contributed by atoms with E-state index in [1.165, 1.54) is 0 Å². The number of halogens is 1. The van der Waals surface area contributed by atoms with Crippen molar-refractivity contribution in [3.63, 3.8) is 0 Å². The second-order valence-electron chi connectivity index (χ2n) is 3.70. The van der Waals surface area contributed by atoms with E-state index in [-0.39, 0.29) is 18.3 Å². The molecule has 2 aromatic rings. The van der Waals surface area contributed by atoms with Crippen molar-refractivity contribution in [2.24, 2.45) is 0 Å². The van der Waals surface area contributed by atoms with Gasteiger partial charge in [0, 0.05) is 11.6 Å².